The molecule has 0 N–H and O–H groups in total. The lowest BCUT2D eigenvalue weighted by Gasteiger charge is -2.18. The maximum Gasteiger partial charge on any atom is 0.144 e. The molecule has 1 fully saturated rings. The number of ether oxygens (including phenoxy) is 1. The minimum Gasteiger partial charge on any atom is -0.488 e. The Morgan fingerprint density at radius 1 is 1.33 bits per heavy atom. The molecule has 1 aromatic rings. The van der Waals surface area contributed by atoms with Crippen molar-refractivity contribution in [3.8, 4) is 5.75 Å². The third-order valence-corrected chi connectivity index (χ3v) is 3.19. The van der Waals surface area contributed by atoms with E-state index < -0.39 is 0 Å². The van der Waals surface area contributed by atoms with Gasteiger partial charge in [-0.25, -0.2) is 0 Å². The van der Waals surface area contributed by atoms with Gasteiger partial charge < -0.3 is 9.64 Å². The Balaban J connectivity index is 2.26. The van der Waals surface area contributed by atoms with Crippen LogP contribution in [0.15, 0.2) is 23.1 Å². The standard InChI is InChI=1S/C12H17NOS/c1-13(2)11-7-6-10(15-3)8-12(11)14-9-4-5-9/h6-9H,4-5H2,1-3H3. The summed E-state index contributed by atoms with van der Waals surface area (Å²) in [4.78, 5) is 3.36. The highest BCUT2D eigenvalue weighted by atomic mass is 32.2. The first-order chi connectivity index (χ1) is 7.20. The van der Waals surface area contributed by atoms with Crippen molar-refractivity contribution in [2.75, 3.05) is 25.3 Å². The van der Waals surface area contributed by atoms with Gasteiger partial charge in [0.1, 0.15) is 5.75 Å². The molecule has 15 heavy (non-hydrogen) atoms. The molecular formula is C12H17NOS. The van der Waals surface area contributed by atoms with E-state index >= 15 is 0 Å². The number of anilines is 1. The zero-order valence-corrected chi connectivity index (χ0v) is 10.3. The fourth-order valence-electron chi connectivity index (χ4n) is 1.45. The summed E-state index contributed by atoms with van der Waals surface area (Å²) in [5.41, 5.74) is 1.17. The van der Waals surface area contributed by atoms with E-state index in [1.807, 2.05) is 14.1 Å². The minimum absolute atomic E-state index is 0.459. The summed E-state index contributed by atoms with van der Waals surface area (Å²) in [6.45, 7) is 0. The second-order valence-electron chi connectivity index (χ2n) is 4.05. The van der Waals surface area contributed by atoms with Crippen molar-refractivity contribution < 1.29 is 4.74 Å². The summed E-state index contributed by atoms with van der Waals surface area (Å²) in [6, 6.07) is 6.40. The van der Waals surface area contributed by atoms with Crippen LogP contribution in [-0.2, 0) is 0 Å². The van der Waals surface area contributed by atoms with Crippen molar-refractivity contribution in [1.29, 1.82) is 0 Å². The van der Waals surface area contributed by atoms with Crippen molar-refractivity contribution in [3.05, 3.63) is 18.2 Å². The van der Waals surface area contributed by atoms with E-state index in [0.29, 0.717) is 6.10 Å². The Bertz CT molecular complexity index is 347. The topological polar surface area (TPSA) is 12.5 Å². The molecule has 2 nitrogen and oxygen atoms in total. The van der Waals surface area contributed by atoms with E-state index in [9.17, 15) is 0 Å². The van der Waals surface area contributed by atoms with Crippen LogP contribution in [-0.4, -0.2) is 26.5 Å². The van der Waals surface area contributed by atoms with Gasteiger partial charge in [-0.2, -0.15) is 0 Å². The van der Waals surface area contributed by atoms with Gasteiger partial charge in [0.25, 0.3) is 0 Å². The first-order valence-corrected chi connectivity index (χ1v) is 6.45. The Morgan fingerprint density at radius 2 is 2.07 bits per heavy atom. The molecule has 0 spiro atoms. The van der Waals surface area contributed by atoms with Crippen LogP contribution < -0.4 is 9.64 Å². The summed E-state index contributed by atoms with van der Waals surface area (Å²) in [7, 11) is 4.10. The number of thioether (sulfide) groups is 1. The Labute approximate surface area is 95.6 Å². The Hall–Kier alpha value is -0.830. The molecule has 0 unspecified atom stereocenters. The van der Waals surface area contributed by atoms with Crippen LogP contribution in [0, 0.1) is 0 Å². The quantitative estimate of drug-likeness (QED) is 0.728. The largest absolute Gasteiger partial charge is 0.488 e. The molecule has 0 bridgehead atoms. The molecule has 1 aliphatic carbocycles. The first kappa shape index (κ1) is 10.7. The number of benzene rings is 1. The van der Waals surface area contributed by atoms with E-state index in [2.05, 4.69) is 29.4 Å². The summed E-state index contributed by atoms with van der Waals surface area (Å²) in [5.74, 6) is 1.02. The molecule has 2 rings (SSSR count). The summed E-state index contributed by atoms with van der Waals surface area (Å²) in [5, 5.41) is 0. The molecule has 0 radical (unpaired) electrons. The van der Waals surface area contributed by atoms with Gasteiger partial charge in [-0.05, 0) is 37.3 Å². The van der Waals surface area contributed by atoms with Gasteiger partial charge >= 0.3 is 0 Å². The van der Waals surface area contributed by atoms with Gasteiger partial charge in [-0.1, -0.05) is 0 Å². The summed E-state index contributed by atoms with van der Waals surface area (Å²) in [6.07, 6.45) is 4.96. The third-order valence-electron chi connectivity index (χ3n) is 2.47. The van der Waals surface area contributed by atoms with Crippen LogP contribution in [0.5, 0.6) is 5.75 Å². The van der Waals surface area contributed by atoms with E-state index in [-0.39, 0.29) is 0 Å². The maximum absolute atomic E-state index is 5.91. The number of hydrogen-bond acceptors (Lipinski definition) is 3. The minimum atomic E-state index is 0.459. The number of rotatable bonds is 4. The van der Waals surface area contributed by atoms with Gasteiger partial charge in [-0.15, -0.1) is 11.8 Å². The van der Waals surface area contributed by atoms with Crippen molar-refractivity contribution in [2.24, 2.45) is 0 Å². The second-order valence-corrected chi connectivity index (χ2v) is 4.92. The number of nitrogens with zero attached hydrogens (tertiary/aromatic N) is 1. The predicted octanol–water partition coefficient (Wildman–Crippen LogP) is 3.02. The van der Waals surface area contributed by atoms with E-state index in [0.717, 1.165) is 5.75 Å². The van der Waals surface area contributed by atoms with Crippen LogP contribution in [0.4, 0.5) is 5.69 Å². The first-order valence-electron chi connectivity index (χ1n) is 5.22. The predicted molar refractivity (Wildman–Crippen MR) is 66.2 cm³/mol. The van der Waals surface area contributed by atoms with Gasteiger partial charge in [0.2, 0.25) is 0 Å². The molecule has 0 heterocycles. The molecular weight excluding hydrogens is 206 g/mol. The Kier molecular flexibility index (Phi) is 3.10. The van der Waals surface area contributed by atoms with E-state index in [4.69, 9.17) is 4.74 Å². The van der Waals surface area contributed by atoms with Gasteiger partial charge in [0.15, 0.2) is 0 Å². The van der Waals surface area contributed by atoms with Crippen molar-refractivity contribution in [2.45, 2.75) is 23.8 Å². The van der Waals surface area contributed by atoms with Gasteiger partial charge in [-0.3, -0.25) is 0 Å². The van der Waals surface area contributed by atoms with Crippen molar-refractivity contribution in [3.63, 3.8) is 0 Å². The van der Waals surface area contributed by atoms with E-state index in [1.165, 1.54) is 23.4 Å². The SMILES string of the molecule is CSc1ccc(N(C)C)c(OC2CC2)c1. The lowest BCUT2D eigenvalue weighted by molar-refractivity contribution is 0.303. The molecule has 0 aromatic heterocycles. The van der Waals surface area contributed by atoms with Crippen LogP contribution in [0.1, 0.15) is 12.8 Å². The third kappa shape index (κ3) is 2.59. The summed E-state index contributed by atoms with van der Waals surface area (Å²) >= 11 is 1.75. The fraction of sp³-hybridized carbons (Fsp3) is 0.500. The van der Waals surface area contributed by atoms with Crippen molar-refractivity contribution in [1.82, 2.24) is 0 Å². The normalized spacial score (nSPS) is 15.1. The molecule has 0 saturated heterocycles. The van der Waals surface area contributed by atoms with Gasteiger partial charge in [0.05, 0.1) is 11.8 Å². The van der Waals surface area contributed by atoms with Crippen LogP contribution >= 0.6 is 11.8 Å². The molecule has 1 aliphatic rings. The van der Waals surface area contributed by atoms with Crippen LogP contribution in [0.25, 0.3) is 0 Å². The van der Waals surface area contributed by atoms with E-state index in [1.54, 1.807) is 11.8 Å². The Morgan fingerprint density at radius 3 is 2.60 bits per heavy atom. The fourth-order valence-corrected chi connectivity index (χ4v) is 1.88. The smallest absolute Gasteiger partial charge is 0.144 e. The zero-order chi connectivity index (χ0) is 10.8. The zero-order valence-electron chi connectivity index (χ0n) is 9.49. The lowest BCUT2D eigenvalue weighted by Crippen LogP contribution is -2.11. The lowest BCUT2D eigenvalue weighted by atomic mass is 10.3. The molecule has 3 heteroatoms. The molecule has 1 aromatic carbocycles. The van der Waals surface area contributed by atoms with Crippen LogP contribution in [0.3, 0.4) is 0 Å². The highest BCUT2D eigenvalue weighted by molar-refractivity contribution is 7.98. The maximum atomic E-state index is 5.91. The second kappa shape index (κ2) is 4.35. The number of hydrogen-bond donors (Lipinski definition) is 0. The average molecular weight is 223 g/mol. The van der Waals surface area contributed by atoms with Gasteiger partial charge in [0, 0.05) is 19.0 Å². The highest BCUT2D eigenvalue weighted by Crippen LogP contribution is 2.35. The average Bonchev–Trinajstić information content (AvgIpc) is 3.01. The molecule has 82 valence electrons. The van der Waals surface area contributed by atoms with Crippen molar-refractivity contribution >= 4 is 17.4 Å². The monoisotopic (exact) mass is 223 g/mol. The molecule has 0 atom stereocenters. The molecule has 0 aliphatic heterocycles. The molecule has 0 amide bonds. The highest BCUT2D eigenvalue weighted by Gasteiger charge is 2.24. The molecule has 1 saturated carbocycles. The summed E-state index contributed by atoms with van der Waals surface area (Å²) < 4.78 is 5.91. The van der Waals surface area contributed by atoms with Crippen LogP contribution in [0.2, 0.25) is 0 Å².